The maximum Gasteiger partial charge on any atom is 0.500 e. The fraction of sp³-hybridized carbons (Fsp3) is 0.833. The molecule has 142 valence electrons. The number of unbranched alkanes of at least 4 members (excludes halogenated alkanes) is 6. The lowest BCUT2D eigenvalue weighted by Gasteiger charge is -2.26. The van der Waals surface area contributed by atoms with Crippen molar-refractivity contribution in [1.29, 1.82) is 0 Å². The summed E-state index contributed by atoms with van der Waals surface area (Å²) in [7, 11) is 2.16. The molecule has 0 aliphatic carbocycles. The zero-order chi connectivity index (χ0) is 18.3. The average molecular weight is 361 g/mol. The van der Waals surface area contributed by atoms with Gasteiger partial charge >= 0.3 is 14.8 Å². The number of rotatable bonds is 16. The molecule has 0 heterocycles. The Morgan fingerprint density at radius 2 is 1.50 bits per heavy atom. The summed E-state index contributed by atoms with van der Waals surface area (Å²) in [5.74, 6) is -0.373. The first-order valence-corrected chi connectivity index (χ1v) is 11.0. The van der Waals surface area contributed by atoms with E-state index in [0.717, 1.165) is 12.8 Å². The van der Waals surface area contributed by atoms with Crippen LogP contribution in [0.1, 0.15) is 64.7 Å². The van der Waals surface area contributed by atoms with E-state index in [1.54, 1.807) is 21.3 Å². The van der Waals surface area contributed by atoms with Crippen LogP contribution in [0.4, 0.5) is 0 Å². The molecule has 0 saturated heterocycles. The van der Waals surface area contributed by atoms with Gasteiger partial charge in [0, 0.05) is 33.4 Å². The molecule has 0 N–H and O–H groups in total. The second kappa shape index (κ2) is 14.6. The number of ether oxygens (including phenoxy) is 1. The second-order valence-electron chi connectivity index (χ2n) is 6.01. The van der Waals surface area contributed by atoms with Crippen molar-refractivity contribution in [2.45, 2.75) is 76.9 Å². The van der Waals surface area contributed by atoms with Gasteiger partial charge in [-0.15, -0.1) is 0 Å². The van der Waals surface area contributed by atoms with Gasteiger partial charge in [0.25, 0.3) is 0 Å². The summed E-state index contributed by atoms with van der Waals surface area (Å²) in [6.07, 6.45) is 11.3. The molecule has 24 heavy (non-hydrogen) atoms. The summed E-state index contributed by atoms with van der Waals surface area (Å²) in [5, 5.41) is 0. The maximum atomic E-state index is 11.5. The van der Waals surface area contributed by atoms with Crippen LogP contribution in [0.2, 0.25) is 6.04 Å². The fourth-order valence-electron chi connectivity index (χ4n) is 2.70. The summed E-state index contributed by atoms with van der Waals surface area (Å²) >= 11 is 0. The minimum Gasteiger partial charge on any atom is -0.459 e. The van der Waals surface area contributed by atoms with Gasteiger partial charge in [-0.2, -0.15) is 0 Å². The Hall–Kier alpha value is -0.693. The van der Waals surface area contributed by atoms with Gasteiger partial charge in [-0.1, -0.05) is 52.0 Å². The Balaban J connectivity index is 4.27. The molecule has 0 rings (SSSR count). The molecule has 0 aromatic carbocycles. The van der Waals surface area contributed by atoms with E-state index < -0.39 is 8.80 Å². The van der Waals surface area contributed by atoms with Gasteiger partial charge in [0.15, 0.2) is 0 Å². The van der Waals surface area contributed by atoms with Crippen molar-refractivity contribution in [3.8, 4) is 0 Å². The van der Waals surface area contributed by atoms with Crippen LogP contribution in [0.5, 0.6) is 0 Å². The molecular weight excluding hydrogens is 324 g/mol. The Labute approximate surface area is 149 Å². The molecule has 0 aliphatic heterocycles. The van der Waals surface area contributed by atoms with Gasteiger partial charge in [0.1, 0.15) is 6.10 Å². The molecule has 1 atom stereocenters. The van der Waals surface area contributed by atoms with Crippen molar-refractivity contribution in [3.63, 3.8) is 0 Å². The summed E-state index contributed by atoms with van der Waals surface area (Å²) in [4.78, 5) is 11.5. The first-order chi connectivity index (χ1) is 11.6. The molecule has 1 unspecified atom stereocenters. The summed E-state index contributed by atoms with van der Waals surface area (Å²) in [6.45, 7) is 5.69. The normalized spacial score (nSPS) is 12.8. The van der Waals surface area contributed by atoms with Crippen molar-refractivity contribution < 1.29 is 22.8 Å². The third-order valence-corrected chi connectivity index (χ3v) is 7.05. The lowest BCUT2D eigenvalue weighted by Crippen LogP contribution is -2.43. The quantitative estimate of drug-likeness (QED) is 0.176. The predicted molar refractivity (Wildman–Crippen MR) is 98.9 cm³/mol. The lowest BCUT2D eigenvalue weighted by molar-refractivity contribution is -0.143. The fourth-order valence-corrected chi connectivity index (χ4v) is 4.49. The van der Waals surface area contributed by atoms with E-state index in [-0.39, 0.29) is 12.1 Å². The topological polar surface area (TPSA) is 54.0 Å². The van der Waals surface area contributed by atoms with Crippen molar-refractivity contribution in [1.82, 2.24) is 0 Å². The van der Waals surface area contributed by atoms with Crippen LogP contribution in [0.25, 0.3) is 0 Å². The van der Waals surface area contributed by atoms with Gasteiger partial charge in [-0.3, -0.25) is 0 Å². The highest BCUT2D eigenvalue weighted by Gasteiger charge is 2.38. The molecule has 5 nitrogen and oxygen atoms in total. The third kappa shape index (κ3) is 10.2. The molecule has 6 heteroatoms. The highest BCUT2D eigenvalue weighted by atomic mass is 28.4. The van der Waals surface area contributed by atoms with E-state index in [4.69, 9.17) is 18.0 Å². The van der Waals surface area contributed by atoms with Crippen LogP contribution in [0.3, 0.4) is 0 Å². The predicted octanol–water partition coefficient (Wildman–Crippen LogP) is 4.49. The smallest absolute Gasteiger partial charge is 0.459 e. The number of carbonyl (C=O) groups is 1. The average Bonchev–Trinajstić information content (AvgIpc) is 2.62. The zero-order valence-corrected chi connectivity index (χ0v) is 17.0. The standard InChI is InChI=1S/C18H36O5Si/c1-6-8-9-10-11-12-13-14-17(23-18(19)7-2)15-16-24(20-3,21-4)22-5/h7,17H,2,6,8-16H2,1,3-5H3. The highest BCUT2D eigenvalue weighted by Crippen LogP contribution is 2.21. The first kappa shape index (κ1) is 23.3. The van der Waals surface area contributed by atoms with Crippen molar-refractivity contribution in [3.05, 3.63) is 12.7 Å². The van der Waals surface area contributed by atoms with E-state index in [0.29, 0.717) is 12.5 Å². The van der Waals surface area contributed by atoms with Crippen molar-refractivity contribution in [2.24, 2.45) is 0 Å². The van der Waals surface area contributed by atoms with Crippen LogP contribution < -0.4 is 0 Å². The number of esters is 1. The Morgan fingerprint density at radius 3 is 2.00 bits per heavy atom. The molecule has 0 fully saturated rings. The maximum absolute atomic E-state index is 11.5. The van der Waals surface area contributed by atoms with E-state index in [2.05, 4.69) is 13.5 Å². The van der Waals surface area contributed by atoms with Crippen LogP contribution in [-0.2, 0) is 22.8 Å². The number of hydrogen-bond donors (Lipinski definition) is 0. The summed E-state index contributed by atoms with van der Waals surface area (Å²) in [6, 6.07) is 0.627. The summed E-state index contributed by atoms with van der Waals surface area (Å²) in [5.41, 5.74) is 0. The van der Waals surface area contributed by atoms with Crippen LogP contribution in [0.15, 0.2) is 12.7 Å². The third-order valence-electron chi connectivity index (χ3n) is 4.28. The Morgan fingerprint density at radius 1 is 0.958 bits per heavy atom. The zero-order valence-electron chi connectivity index (χ0n) is 16.0. The van der Waals surface area contributed by atoms with E-state index in [1.165, 1.54) is 44.6 Å². The molecule has 0 saturated carbocycles. The van der Waals surface area contributed by atoms with Gasteiger partial charge < -0.3 is 18.0 Å². The molecular formula is C18H36O5Si. The van der Waals surface area contributed by atoms with E-state index >= 15 is 0 Å². The minimum atomic E-state index is -2.63. The second-order valence-corrected chi connectivity index (χ2v) is 9.10. The molecule has 0 aliphatic rings. The van der Waals surface area contributed by atoms with Gasteiger partial charge in [-0.25, -0.2) is 4.79 Å². The molecule has 0 amide bonds. The monoisotopic (exact) mass is 360 g/mol. The van der Waals surface area contributed by atoms with Gasteiger partial charge in [0.05, 0.1) is 0 Å². The SMILES string of the molecule is C=CC(=O)OC(CCCCCCCCC)CC[Si](OC)(OC)OC. The molecule has 0 bridgehead atoms. The van der Waals surface area contributed by atoms with Crippen LogP contribution in [0, 0.1) is 0 Å². The molecule has 0 aromatic heterocycles. The van der Waals surface area contributed by atoms with Gasteiger partial charge in [0.2, 0.25) is 0 Å². The first-order valence-electron chi connectivity index (χ1n) is 9.06. The van der Waals surface area contributed by atoms with Crippen LogP contribution in [-0.4, -0.2) is 42.2 Å². The van der Waals surface area contributed by atoms with E-state index in [1.807, 2.05) is 0 Å². The Bertz CT molecular complexity index is 323. The summed E-state index contributed by atoms with van der Waals surface area (Å²) < 4.78 is 21.8. The number of hydrogen-bond acceptors (Lipinski definition) is 5. The van der Waals surface area contributed by atoms with Crippen molar-refractivity contribution >= 4 is 14.8 Å². The van der Waals surface area contributed by atoms with E-state index in [9.17, 15) is 4.79 Å². The van der Waals surface area contributed by atoms with Crippen molar-refractivity contribution in [2.75, 3.05) is 21.3 Å². The number of carbonyl (C=O) groups excluding carboxylic acids is 1. The molecule has 0 spiro atoms. The largest absolute Gasteiger partial charge is 0.500 e. The Kier molecular flexibility index (Phi) is 14.2. The highest BCUT2D eigenvalue weighted by molar-refractivity contribution is 6.60. The van der Waals surface area contributed by atoms with Crippen LogP contribution >= 0.6 is 0 Å². The lowest BCUT2D eigenvalue weighted by atomic mass is 10.1. The molecule has 0 aromatic rings. The minimum absolute atomic E-state index is 0.140. The molecule has 0 radical (unpaired) electrons. The van der Waals surface area contributed by atoms with Gasteiger partial charge in [-0.05, 0) is 19.3 Å².